The highest BCUT2D eigenvalue weighted by Gasteiger charge is 2.25. The molecule has 0 saturated heterocycles. The lowest BCUT2D eigenvalue weighted by Gasteiger charge is -2.23. The second-order valence-electron chi connectivity index (χ2n) is 8.24. The van der Waals surface area contributed by atoms with Gasteiger partial charge in [-0.2, -0.15) is 0 Å². The monoisotopic (exact) mass is 465 g/mol. The molecule has 1 aliphatic rings. The fourth-order valence-electron chi connectivity index (χ4n) is 4.24. The average molecular weight is 466 g/mol. The van der Waals surface area contributed by atoms with E-state index in [1.165, 1.54) is 10.4 Å². The number of benzene rings is 1. The SMILES string of the molecule is Cc1cnc(CN[C@H]2CCc3c(sc4ncn(CCc5ccccc5Cl)c(=O)c34)C2)cn1. The minimum Gasteiger partial charge on any atom is -0.308 e. The third-order valence-electron chi connectivity index (χ3n) is 6.02. The molecule has 4 aromatic rings. The minimum atomic E-state index is 0.0564. The Morgan fingerprint density at radius 2 is 2.09 bits per heavy atom. The zero-order chi connectivity index (χ0) is 22.1. The van der Waals surface area contributed by atoms with Crippen LogP contribution in [-0.2, 0) is 32.4 Å². The number of fused-ring (bicyclic) bond motifs is 3. The number of thiophene rings is 1. The van der Waals surface area contributed by atoms with Crippen LogP contribution in [0.3, 0.4) is 0 Å². The predicted molar refractivity (Wildman–Crippen MR) is 128 cm³/mol. The molecule has 0 bridgehead atoms. The number of rotatable bonds is 6. The van der Waals surface area contributed by atoms with Crippen molar-refractivity contribution in [1.82, 2.24) is 24.8 Å². The highest BCUT2D eigenvalue weighted by atomic mass is 35.5. The molecular formula is C24H24ClN5OS. The molecule has 0 saturated carbocycles. The van der Waals surface area contributed by atoms with E-state index in [1.54, 1.807) is 28.4 Å². The zero-order valence-electron chi connectivity index (χ0n) is 17.8. The summed E-state index contributed by atoms with van der Waals surface area (Å²) in [6, 6.07) is 8.13. The van der Waals surface area contributed by atoms with Gasteiger partial charge in [0.25, 0.3) is 5.56 Å². The van der Waals surface area contributed by atoms with Crippen LogP contribution in [0.4, 0.5) is 0 Å². The molecule has 1 atom stereocenters. The third kappa shape index (κ3) is 4.33. The van der Waals surface area contributed by atoms with Crippen molar-refractivity contribution in [2.24, 2.45) is 0 Å². The molecule has 0 spiro atoms. The molecule has 32 heavy (non-hydrogen) atoms. The van der Waals surface area contributed by atoms with E-state index in [0.717, 1.165) is 51.5 Å². The highest BCUT2D eigenvalue weighted by Crippen LogP contribution is 2.33. The topological polar surface area (TPSA) is 72.7 Å². The molecule has 3 heterocycles. The Balaban J connectivity index is 1.32. The summed E-state index contributed by atoms with van der Waals surface area (Å²) in [4.78, 5) is 28.7. The van der Waals surface area contributed by atoms with Crippen molar-refractivity contribution in [3.63, 3.8) is 0 Å². The van der Waals surface area contributed by atoms with E-state index in [2.05, 4.69) is 20.3 Å². The minimum absolute atomic E-state index is 0.0564. The van der Waals surface area contributed by atoms with Crippen LogP contribution in [0.5, 0.6) is 0 Å². The second-order valence-corrected chi connectivity index (χ2v) is 9.73. The Morgan fingerprint density at radius 1 is 1.22 bits per heavy atom. The lowest BCUT2D eigenvalue weighted by Crippen LogP contribution is -2.34. The lowest BCUT2D eigenvalue weighted by atomic mass is 9.93. The van der Waals surface area contributed by atoms with E-state index in [9.17, 15) is 4.79 Å². The van der Waals surface area contributed by atoms with Gasteiger partial charge in [-0.1, -0.05) is 29.8 Å². The highest BCUT2D eigenvalue weighted by molar-refractivity contribution is 7.18. The van der Waals surface area contributed by atoms with Gasteiger partial charge in [0.2, 0.25) is 0 Å². The number of halogens is 1. The fraction of sp³-hybridized carbons (Fsp3) is 0.333. The van der Waals surface area contributed by atoms with Crippen LogP contribution in [0.15, 0.2) is 47.8 Å². The first-order chi connectivity index (χ1) is 15.6. The Morgan fingerprint density at radius 3 is 2.91 bits per heavy atom. The standard InChI is InChI=1S/C24H24ClN5OS/c1-15-11-27-18(12-26-15)13-28-17-6-7-19-21(10-17)32-23-22(19)24(31)30(14-29-23)9-8-16-4-2-3-5-20(16)25/h2-5,11-12,14,17,28H,6-10,13H2,1H3/t17-/m0/s1. The van der Waals surface area contributed by atoms with Gasteiger partial charge in [-0.3, -0.25) is 19.3 Å². The third-order valence-corrected chi connectivity index (χ3v) is 7.55. The number of nitrogens with one attached hydrogen (secondary N) is 1. The van der Waals surface area contributed by atoms with E-state index < -0.39 is 0 Å². The molecule has 1 aliphatic carbocycles. The Kier molecular flexibility index (Phi) is 6.04. The van der Waals surface area contributed by atoms with Gasteiger partial charge >= 0.3 is 0 Å². The van der Waals surface area contributed by atoms with Gasteiger partial charge in [-0.15, -0.1) is 11.3 Å². The first-order valence-electron chi connectivity index (χ1n) is 10.8. The predicted octanol–water partition coefficient (Wildman–Crippen LogP) is 4.10. The molecule has 0 fully saturated rings. The lowest BCUT2D eigenvalue weighted by molar-refractivity contribution is 0.459. The summed E-state index contributed by atoms with van der Waals surface area (Å²) in [5.41, 5.74) is 4.15. The van der Waals surface area contributed by atoms with Crippen LogP contribution in [-0.4, -0.2) is 25.6 Å². The molecule has 1 N–H and O–H groups in total. The molecule has 3 aromatic heterocycles. The molecule has 8 heteroatoms. The molecule has 0 amide bonds. The zero-order valence-corrected chi connectivity index (χ0v) is 19.4. The molecule has 1 aromatic carbocycles. The number of hydrogen-bond acceptors (Lipinski definition) is 6. The van der Waals surface area contributed by atoms with Crippen molar-refractivity contribution < 1.29 is 0 Å². The van der Waals surface area contributed by atoms with Crippen molar-refractivity contribution in [2.75, 3.05) is 0 Å². The molecule has 0 aliphatic heterocycles. The summed E-state index contributed by atoms with van der Waals surface area (Å²) in [6.45, 7) is 3.20. The summed E-state index contributed by atoms with van der Waals surface area (Å²) in [6.07, 6.45) is 8.79. The van der Waals surface area contributed by atoms with Gasteiger partial charge in [0.15, 0.2) is 0 Å². The van der Waals surface area contributed by atoms with Crippen LogP contribution in [0.25, 0.3) is 10.2 Å². The summed E-state index contributed by atoms with van der Waals surface area (Å²) in [5.74, 6) is 0. The van der Waals surface area contributed by atoms with Gasteiger partial charge in [0, 0.05) is 41.4 Å². The number of hydrogen-bond donors (Lipinski definition) is 1. The van der Waals surface area contributed by atoms with Crippen LogP contribution >= 0.6 is 22.9 Å². The maximum absolute atomic E-state index is 13.3. The maximum Gasteiger partial charge on any atom is 0.262 e. The molecular weight excluding hydrogens is 442 g/mol. The van der Waals surface area contributed by atoms with Crippen molar-refractivity contribution in [3.05, 3.63) is 85.8 Å². The Hall–Kier alpha value is -2.61. The quantitative estimate of drug-likeness (QED) is 0.464. The Bertz CT molecular complexity index is 1310. The summed E-state index contributed by atoms with van der Waals surface area (Å²) in [7, 11) is 0. The van der Waals surface area contributed by atoms with Gasteiger partial charge in [-0.25, -0.2) is 4.98 Å². The average Bonchev–Trinajstić information content (AvgIpc) is 3.18. The number of aryl methyl sites for hydroxylation is 4. The molecule has 0 unspecified atom stereocenters. The van der Waals surface area contributed by atoms with Gasteiger partial charge in [-0.05, 0) is 49.8 Å². The van der Waals surface area contributed by atoms with E-state index in [1.807, 2.05) is 37.4 Å². The second kappa shape index (κ2) is 9.10. The van der Waals surface area contributed by atoms with Crippen molar-refractivity contribution in [1.29, 1.82) is 0 Å². The van der Waals surface area contributed by atoms with E-state index >= 15 is 0 Å². The van der Waals surface area contributed by atoms with Gasteiger partial charge < -0.3 is 5.32 Å². The maximum atomic E-state index is 13.3. The molecule has 164 valence electrons. The summed E-state index contributed by atoms with van der Waals surface area (Å²) >= 11 is 7.93. The van der Waals surface area contributed by atoms with Crippen molar-refractivity contribution in [3.8, 4) is 0 Å². The van der Waals surface area contributed by atoms with E-state index in [4.69, 9.17) is 11.6 Å². The molecule has 6 nitrogen and oxygen atoms in total. The van der Waals surface area contributed by atoms with Crippen molar-refractivity contribution >= 4 is 33.2 Å². The normalized spacial score (nSPS) is 15.8. The summed E-state index contributed by atoms with van der Waals surface area (Å²) < 4.78 is 1.72. The van der Waals surface area contributed by atoms with Crippen LogP contribution in [0.1, 0.15) is 33.8 Å². The first-order valence-corrected chi connectivity index (χ1v) is 12.0. The van der Waals surface area contributed by atoms with E-state index in [-0.39, 0.29) is 5.56 Å². The van der Waals surface area contributed by atoms with Crippen LogP contribution in [0, 0.1) is 6.92 Å². The van der Waals surface area contributed by atoms with Gasteiger partial charge in [0.1, 0.15) is 4.83 Å². The van der Waals surface area contributed by atoms with E-state index in [0.29, 0.717) is 25.6 Å². The first kappa shape index (κ1) is 21.2. The molecule has 5 rings (SSSR count). The fourth-order valence-corrected chi connectivity index (χ4v) is 5.72. The van der Waals surface area contributed by atoms with Crippen molar-refractivity contribution in [2.45, 2.75) is 51.7 Å². The molecule has 0 radical (unpaired) electrons. The number of nitrogens with zero attached hydrogens (tertiary/aromatic N) is 4. The smallest absolute Gasteiger partial charge is 0.262 e. The van der Waals surface area contributed by atoms with Gasteiger partial charge in [0.05, 0.1) is 23.1 Å². The van der Waals surface area contributed by atoms with Crippen LogP contribution in [0.2, 0.25) is 5.02 Å². The Labute approximate surface area is 195 Å². The summed E-state index contributed by atoms with van der Waals surface area (Å²) in [5, 5.41) is 5.13. The van der Waals surface area contributed by atoms with Crippen LogP contribution < -0.4 is 10.9 Å². The largest absolute Gasteiger partial charge is 0.308 e. The number of aromatic nitrogens is 4.